The molecule has 0 fully saturated rings. The average molecular weight is 639 g/mol. The Morgan fingerprint density at radius 2 is 1.60 bits per heavy atom. The summed E-state index contributed by atoms with van der Waals surface area (Å²) in [4.78, 5) is 58.9. The molecule has 3 aromatic carbocycles. The molecule has 2 aromatic heterocycles. The Labute approximate surface area is 268 Å². The maximum atomic E-state index is 14.5. The van der Waals surface area contributed by atoms with Crippen molar-refractivity contribution in [3.05, 3.63) is 96.1 Å². The second kappa shape index (κ2) is 12.5. The van der Waals surface area contributed by atoms with Crippen molar-refractivity contribution in [3.8, 4) is 5.75 Å². The topological polar surface area (TPSA) is 129 Å². The molecule has 47 heavy (non-hydrogen) atoms. The van der Waals surface area contributed by atoms with Crippen molar-refractivity contribution in [1.29, 1.82) is 0 Å². The lowest BCUT2D eigenvalue weighted by Crippen LogP contribution is -2.52. The van der Waals surface area contributed by atoms with Crippen LogP contribution in [0, 0.1) is 5.82 Å². The molecule has 1 aliphatic heterocycles. The number of benzene rings is 3. The third-order valence-corrected chi connectivity index (χ3v) is 8.47. The fourth-order valence-corrected chi connectivity index (χ4v) is 6.13. The second-order valence-corrected chi connectivity index (χ2v) is 11.0. The highest BCUT2D eigenvalue weighted by molar-refractivity contribution is 6.16. The average Bonchev–Trinajstić information content (AvgIpc) is 3.54. The lowest BCUT2D eigenvalue weighted by molar-refractivity contribution is -0.142. The monoisotopic (exact) mass is 638 g/mol. The number of rotatable bonds is 10. The number of esters is 2. The highest BCUT2D eigenvalue weighted by Crippen LogP contribution is 2.48. The first-order valence-corrected chi connectivity index (χ1v) is 14.8. The molecule has 1 aliphatic rings. The smallest absolute Gasteiger partial charge is 0.307 e. The van der Waals surface area contributed by atoms with Crippen molar-refractivity contribution < 1.29 is 37.8 Å². The van der Waals surface area contributed by atoms with E-state index >= 15 is 0 Å². The first kappa shape index (κ1) is 31.2. The van der Waals surface area contributed by atoms with Gasteiger partial charge in [-0.05, 0) is 61.0 Å². The molecule has 1 atom stereocenters. The van der Waals surface area contributed by atoms with Gasteiger partial charge in [0, 0.05) is 40.5 Å². The molecule has 2 amide bonds. The van der Waals surface area contributed by atoms with Crippen LogP contribution in [0.2, 0.25) is 0 Å². The van der Waals surface area contributed by atoms with E-state index in [1.54, 1.807) is 30.5 Å². The largest absolute Gasteiger partial charge is 0.497 e. The van der Waals surface area contributed by atoms with Gasteiger partial charge in [-0.2, -0.15) is 0 Å². The molecule has 0 bridgehead atoms. The molecular weight excluding hydrogens is 607 g/mol. The Kier molecular flexibility index (Phi) is 8.33. The third-order valence-electron chi connectivity index (χ3n) is 8.47. The lowest BCUT2D eigenvalue weighted by Gasteiger charge is -2.30. The van der Waals surface area contributed by atoms with E-state index in [0.717, 1.165) is 16.3 Å². The zero-order valence-electron chi connectivity index (χ0n) is 25.9. The summed E-state index contributed by atoms with van der Waals surface area (Å²) in [7, 11) is 4.05. The van der Waals surface area contributed by atoms with Crippen molar-refractivity contribution in [3.63, 3.8) is 0 Å². The molecule has 240 valence electrons. The summed E-state index contributed by atoms with van der Waals surface area (Å²) < 4.78 is 31.0. The quantitative estimate of drug-likeness (QED) is 0.208. The van der Waals surface area contributed by atoms with E-state index in [9.17, 15) is 23.6 Å². The predicted molar refractivity (Wildman–Crippen MR) is 171 cm³/mol. The van der Waals surface area contributed by atoms with Gasteiger partial charge in [0.1, 0.15) is 22.8 Å². The normalized spacial score (nSPS) is 15.5. The summed E-state index contributed by atoms with van der Waals surface area (Å²) >= 11 is 0. The molecule has 12 heteroatoms. The van der Waals surface area contributed by atoms with Gasteiger partial charge in [0.05, 0.1) is 45.2 Å². The maximum absolute atomic E-state index is 14.5. The van der Waals surface area contributed by atoms with Crippen LogP contribution < -0.4 is 15.0 Å². The summed E-state index contributed by atoms with van der Waals surface area (Å²) in [5.74, 6) is -2.20. The molecule has 11 nitrogen and oxygen atoms in total. The van der Waals surface area contributed by atoms with Gasteiger partial charge in [0.25, 0.3) is 11.8 Å². The van der Waals surface area contributed by atoms with Crippen molar-refractivity contribution >= 4 is 56.9 Å². The van der Waals surface area contributed by atoms with Crippen molar-refractivity contribution in [1.82, 2.24) is 14.9 Å². The molecule has 0 spiro atoms. The van der Waals surface area contributed by atoms with Crippen molar-refractivity contribution in [2.24, 2.45) is 0 Å². The fourth-order valence-electron chi connectivity index (χ4n) is 6.13. The SMILES string of the molecule is COC(=O)CCn1c2ccccc2c2cc(C(=O)NC3(CCC(=O)OC)C(=O)N(c4ccc(F)cc4)c4ccc(OC)cc43)ncc21. The summed E-state index contributed by atoms with van der Waals surface area (Å²) in [5.41, 5.74) is 1.05. The first-order chi connectivity index (χ1) is 22.7. The zero-order chi connectivity index (χ0) is 33.3. The highest BCUT2D eigenvalue weighted by atomic mass is 19.1. The molecule has 6 rings (SSSR count). The highest BCUT2D eigenvalue weighted by Gasteiger charge is 2.53. The molecule has 0 saturated carbocycles. The summed E-state index contributed by atoms with van der Waals surface area (Å²) in [6, 6.07) is 19.6. The van der Waals surface area contributed by atoms with Crippen LogP contribution in [0.15, 0.2) is 79.0 Å². The fraction of sp³-hybridized carbons (Fsp3) is 0.229. The number of hydrogen-bond acceptors (Lipinski definition) is 8. The van der Waals surface area contributed by atoms with Crippen LogP contribution in [0.3, 0.4) is 0 Å². The summed E-state index contributed by atoms with van der Waals surface area (Å²) in [6.45, 7) is 0.340. The zero-order valence-corrected chi connectivity index (χ0v) is 25.9. The lowest BCUT2D eigenvalue weighted by atomic mass is 9.86. The minimum Gasteiger partial charge on any atom is -0.497 e. The number of fused-ring (bicyclic) bond motifs is 4. The molecule has 0 aliphatic carbocycles. The Morgan fingerprint density at radius 3 is 2.32 bits per heavy atom. The van der Waals surface area contributed by atoms with Crippen LogP contribution in [-0.4, -0.2) is 54.6 Å². The van der Waals surface area contributed by atoms with Gasteiger partial charge in [-0.25, -0.2) is 9.37 Å². The molecule has 1 N–H and O–H groups in total. The Morgan fingerprint density at radius 1 is 0.872 bits per heavy atom. The molecular formula is C35H31FN4O7. The number of carbonyl (C=O) groups is 4. The first-order valence-electron chi connectivity index (χ1n) is 14.8. The van der Waals surface area contributed by atoms with Crippen LogP contribution in [0.1, 0.15) is 35.3 Å². The van der Waals surface area contributed by atoms with E-state index in [2.05, 4.69) is 10.3 Å². The number of methoxy groups -OCH3 is 3. The third kappa shape index (κ3) is 5.51. The number of halogens is 1. The van der Waals surface area contributed by atoms with Crippen LogP contribution in [-0.2, 0) is 35.9 Å². The van der Waals surface area contributed by atoms with Crippen LogP contribution in [0.4, 0.5) is 15.8 Å². The number of anilines is 2. The standard InChI is InChI=1S/C35H31FN4O7/c1-45-23-12-13-29-26(18-23)35(16-14-31(41)46-2,34(44)40(29)22-10-8-21(36)9-11-22)38-33(43)27-19-25-24-6-4-5-7-28(24)39(30(25)20-37-27)17-15-32(42)47-3/h4-13,18-20H,14-17H2,1-3H3,(H,38,43). The maximum Gasteiger partial charge on any atom is 0.307 e. The number of ether oxygens (including phenoxy) is 3. The number of aryl methyl sites for hydroxylation is 1. The van der Waals surface area contributed by atoms with Gasteiger partial charge in [-0.15, -0.1) is 0 Å². The molecule has 0 radical (unpaired) electrons. The number of nitrogens with zero attached hydrogens (tertiary/aromatic N) is 3. The number of carbonyl (C=O) groups excluding carboxylic acids is 4. The Hall–Kier alpha value is -5.78. The van der Waals surface area contributed by atoms with Crippen LogP contribution in [0.5, 0.6) is 5.75 Å². The van der Waals surface area contributed by atoms with Gasteiger partial charge in [0.2, 0.25) is 0 Å². The molecule has 5 aromatic rings. The minimum absolute atomic E-state index is 0.0308. The molecule has 3 heterocycles. The van der Waals surface area contributed by atoms with Gasteiger partial charge >= 0.3 is 11.9 Å². The number of hydrogen-bond donors (Lipinski definition) is 1. The number of nitrogens with one attached hydrogen (secondary N) is 1. The van der Waals surface area contributed by atoms with Gasteiger partial charge in [0.15, 0.2) is 0 Å². The second-order valence-electron chi connectivity index (χ2n) is 11.0. The number of aromatic nitrogens is 2. The van der Waals surface area contributed by atoms with Crippen LogP contribution in [0.25, 0.3) is 21.8 Å². The Bertz CT molecular complexity index is 2040. The van der Waals surface area contributed by atoms with Gasteiger partial charge in [-0.1, -0.05) is 18.2 Å². The van der Waals surface area contributed by atoms with E-state index in [1.807, 2.05) is 28.8 Å². The van der Waals surface area contributed by atoms with Crippen LogP contribution >= 0.6 is 0 Å². The van der Waals surface area contributed by atoms with Gasteiger partial charge in [-0.3, -0.25) is 24.1 Å². The van der Waals surface area contributed by atoms with Crippen molar-refractivity contribution in [2.75, 3.05) is 26.2 Å². The molecule has 0 saturated heterocycles. The minimum atomic E-state index is -1.74. The van der Waals surface area contributed by atoms with Crippen molar-refractivity contribution in [2.45, 2.75) is 31.3 Å². The van der Waals surface area contributed by atoms with E-state index in [1.165, 1.54) is 50.5 Å². The summed E-state index contributed by atoms with van der Waals surface area (Å²) in [5, 5.41) is 4.50. The number of pyridine rings is 1. The van der Waals surface area contributed by atoms with E-state index < -0.39 is 29.1 Å². The molecule has 1 unspecified atom stereocenters. The predicted octanol–water partition coefficient (Wildman–Crippen LogP) is 5.16. The summed E-state index contributed by atoms with van der Waals surface area (Å²) in [6.07, 6.45) is 1.36. The van der Waals surface area contributed by atoms with E-state index in [-0.39, 0.29) is 30.9 Å². The van der Waals surface area contributed by atoms with Gasteiger partial charge < -0.3 is 24.1 Å². The number of amides is 2. The van der Waals surface area contributed by atoms with E-state index in [0.29, 0.717) is 34.7 Å². The van der Waals surface area contributed by atoms with E-state index in [4.69, 9.17) is 14.2 Å². The Balaban J connectivity index is 1.45. The number of para-hydroxylation sites is 1.